The minimum absolute atomic E-state index is 1.12. The first-order valence-corrected chi connectivity index (χ1v) is 5.40. The summed E-state index contributed by atoms with van der Waals surface area (Å²) in [5.74, 6) is 0. The minimum atomic E-state index is 1.12. The lowest BCUT2D eigenvalue weighted by Crippen LogP contribution is -1.72. The van der Waals surface area contributed by atoms with Gasteiger partial charge < -0.3 is 0 Å². The predicted molar refractivity (Wildman–Crippen MR) is 63.8 cm³/mol. The van der Waals surface area contributed by atoms with Crippen LogP contribution in [-0.4, -0.2) is 0 Å². The van der Waals surface area contributed by atoms with Crippen molar-refractivity contribution in [2.24, 2.45) is 0 Å². The van der Waals surface area contributed by atoms with Gasteiger partial charge in [0, 0.05) is 20.2 Å². The SMILES string of the molecule is [CH2]c1cccc2sc3ccccc3c12. The first-order chi connectivity index (χ1) is 6.86. The fourth-order valence-electron chi connectivity index (χ4n) is 1.85. The summed E-state index contributed by atoms with van der Waals surface area (Å²) in [6.45, 7) is 4.08. The van der Waals surface area contributed by atoms with Crippen molar-refractivity contribution < 1.29 is 0 Å². The molecule has 1 aromatic heterocycles. The number of thiophene rings is 1. The zero-order valence-corrected chi connectivity index (χ0v) is 8.47. The third kappa shape index (κ3) is 0.992. The molecule has 0 nitrogen and oxygen atoms in total. The molecule has 1 radical (unpaired) electrons. The van der Waals surface area contributed by atoms with E-state index in [9.17, 15) is 0 Å². The van der Waals surface area contributed by atoms with Crippen molar-refractivity contribution in [3.63, 3.8) is 0 Å². The molecule has 0 aliphatic heterocycles. The van der Waals surface area contributed by atoms with Gasteiger partial charge in [-0.05, 0) is 24.6 Å². The van der Waals surface area contributed by atoms with Gasteiger partial charge in [0.1, 0.15) is 0 Å². The van der Waals surface area contributed by atoms with E-state index in [0.717, 1.165) is 5.56 Å². The second-order valence-corrected chi connectivity index (χ2v) is 4.47. The van der Waals surface area contributed by atoms with Crippen LogP contribution >= 0.6 is 11.3 Å². The van der Waals surface area contributed by atoms with E-state index in [1.54, 1.807) is 0 Å². The van der Waals surface area contributed by atoms with Crippen molar-refractivity contribution in [3.05, 3.63) is 55.0 Å². The van der Waals surface area contributed by atoms with Crippen molar-refractivity contribution >= 4 is 31.5 Å². The van der Waals surface area contributed by atoms with Crippen molar-refractivity contribution in [3.8, 4) is 0 Å². The van der Waals surface area contributed by atoms with Gasteiger partial charge in [0.15, 0.2) is 0 Å². The van der Waals surface area contributed by atoms with E-state index >= 15 is 0 Å². The Labute approximate surface area is 86.8 Å². The Balaban J connectivity index is 2.65. The van der Waals surface area contributed by atoms with Crippen LogP contribution in [-0.2, 0) is 0 Å². The van der Waals surface area contributed by atoms with Crippen LogP contribution in [0.5, 0.6) is 0 Å². The number of hydrogen-bond donors (Lipinski definition) is 0. The van der Waals surface area contributed by atoms with Crippen LogP contribution in [0.15, 0.2) is 42.5 Å². The van der Waals surface area contributed by atoms with Crippen LogP contribution in [0.4, 0.5) is 0 Å². The summed E-state index contributed by atoms with van der Waals surface area (Å²) < 4.78 is 2.68. The first kappa shape index (κ1) is 8.01. The van der Waals surface area contributed by atoms with E-state index < -0.39 is 0 Å². The van der Waals surface area contributed by atoms with Gasteiger partial charge in [-0.15, -0.1) is 11.3 Å². The van der Waals surface area contributed by atoms with Crippen molar-refractivity contribution in [1.29, 1.82) is 0 Å². The van der Waals surface area contributed by atoms with Crippen molar-refractivity contribution in [1.82, 2.24) is 0 Å². The van der Waals surface area contributed by atoms with Gasteiger partial charge in [-0.25, -0.2) is 0 Å². The molecule has 67 valence electrons. The van der Waals surface area contributed by atoms with Gasteiger partial charge in [-0.1, -0.05) is 30.3 Å². The second kappa shape index (κ2) is 2.82. The molecule has 0 saturated heterocycles. The van der Waals surface area contributed by atoms with E-state index in [4.69, 9.17) is 0 Å². The molecule has 2 aromatic carbocycles. The highest BCUT2D eigenvalue weighted by molar-refractivity contribution is 7.25. The Kier molecular flexibility index (Phi) is 1.62. The quantitative estimate of drug-likeness (QED) is 0.505. The molecule has 1 heterocycles. The van der Waals surface area contributed by atoms with Crippen LogP contribution in [0, 0.1) is 6.92 Å². The number of benzene rings is 2. The molecule has 0 spiro atoms. The highest BCUT2D eigenvalue weighted by Gasteiger charge is 2.04. The Bertz CT molecular complexity index is 605. The molecular weight excluding hydrogens is 188 g/mol. The zero-order chi connectivity index (χ0) is 9.54. The lowest BCUT2D eigenvalue weighted by atomic mass is 10.1. The lowest BCUT2D eigenvalue weighted by molar-refractivity contribution is 1.74. The van der Waals surface area contributed by atoms with Gasteiger partial charge in [0.05, 0.1) is 0 Å². The molecule has 0 aliphatic carbocycles. The molecule has 3 aromatic rings. The summed E-state index contributed by atoms with van der Waals surface area (Å²) >= 11 is 1.84. The van der Waals surface area contributed by atoms with Crippen LogP contribution < -0.4 is 0 Å². The standard InChI is InChI=1S/C13H9S/c1-9-5-4-8-12-13(9)10-6-2-3-7-11(10)14-12/h2-8H,1H2. The first-order valence-electron chi connectivity index (χ1n) is 4.58. The van der Waals surface area contributed by atoms with Gasteiger partial charge in [0.2, 0.25) is 0 Å². The maximum Gasteiger partial charge on any atom is 0.0358 e. The largest absolute Gasteiger partial charge is 0.135 e. The van der Waals surface area contributed by atoms with Crippen molar-refractivity contribution in [2.45, 2.75) is 0 Å². The highest BCUT2D eigenvalue weighted by Crippen LogP contribution is 2.35. The topological polar surface area (TPSA) is 0 Å². The molecule has 0 unspecified atom stereocenters. The molecule has 3 rings (SSSR count). The molecule has 14 heavy (non-hydrogen) atoms. The van der Waals surface area contributed by atoms with Crippen LogP contribution in [0.2, 0.25) is 0 Å². The molecule has 0 atom stereocenters. The second-order valence-electron chi connectivity index (χ2n) is 3.39. The van der Waals surface area contributed by atoms with E-state index in [-0.39, 0.29) is 0 Å². The van der Waals surface area contributed by atoms with E-state index in [1.807, 2.05) is 11.3 Å². The summed E-state index contributed by atoms with van der Waals surface area (Å²) in [4.78, 5) is 0. The van der Waals surface area contributed by atoms with Crippen LogP contribution in [0.25, 0.3) is 20.2 Å². The molecule has 0 bridgehead atoms. The monoisotopic (exact) mass is 197 g/mol. The normalized spacial score (nSPS) is 11.2. The number of rotatable bonds is 0. The Morgan fingerprint density at radius 2 is 1.64 bits per heavy atom. The average molecular weight is 197 g/mol. The third-order valence-corrected chi connectivity index (χ3v) is 3.62. The van der Waals surface area contributed by atoms with Gasteiger partial charge in [-0.2, -0.15) is 0 Å². The highest BCUT2D eigenvalue weighted by atomic mass is 32.1. The number of hydrogen-bond acceptors (Lipinski definition) is 1. The van der Waals surface area contributed by atoms with Gasteiger partial charge in [-0.3, -0.25) is 0 Å². The summed E-state index contributed by atoms with van der Waals surface area (Å²) in [7, 11) is 0. The van der Waals surface area contributed by atoms with Crippen LogP contribution in [0.1, 0.15) is 5.56 Å². The third-order valence-electron chi connectivity index (χ3n) is 2.49. The smallest absolute Gasteiger partial charge is 0.0358 e. The van der Waals surface area contributed by atoms with Gasteiger partial charge >= 0.3 is 0 Å². The summed E-state index contributed by atoms with van der Waals surface area (Å²) in [5.41, 5.74) is 1.12. The Hall–Kier alpha value is -1.34. The molecule has 0 saturated carbocycles. The fourth-order valence-corrected chi connectivity index (χ4v) is 3.00. The van der Waals surface area contributed by atoms with Crippen molar-refractivity contribution in [2.75, 3.05) is 0 Å². The van der Waals surface area contributed by atoms with E-state index in [0.29, 0.717) is 0 Å². The minimum Gasteiger partial charge on any atom is -0.135 e. The molecular formula is C13H9S. The Morgan fingerprint density at radius 3 is 2.57 bits per heavy atom. The number of fused-ring (bicyclic) bond motifs is 3. The summed E-state index contributed by atoms with van der Waals surface area (Å²) in [5, 5.41) is 2.64. The van der Waals surface area contributed by atoms with Gasteiger partial charge in [0.25, 0.3) is 0 Å². The molecule has 1 heteroatoms. The average Bonchev–Trinajstić information content (AvgIpc) is 2.57. The molecule has 0 fully saturated rings. The zero-order valence-electron chi connectivity index (χ0n) is 7.66. The maximum absolute atomic E-state index is 4.08. The summed E-state index contributed by atoms with van der Waals surface area (Å²) in [6, 6.07) is 14.8. The maximum atomic E-state index is 4.08. The predicted octanol–water partition coefficient (Wildman–Crippen LogP) is 4.24. The lowest BCUT2D eigenvalue weighted by Gasteiger charge is -1.95. The van der Waals surface area contributed by atoms with E-state index in [2.05, 4.69) is 49.4 Å². The molecule has 0 aliphatic rings. The molecule has 0 amide bonds. The fraction of sp³-hybridized carbons (Fsp3) is 0. The van der Waals surface area contributed by atoms with Crippen LogP contribution in [0.3, 0.4) is 0 Å². The Morgan fingerprint density at radius 1 is 0.857 bits per heavy atom. The summed E-state index contributed by atoms with van der Waals surface area (Å²) in [6.07, 6.45) is 0. The molecule has 0 N–H and O–H groups in total. The van der Waals surface area contributed by atoms with E-state index in [1.165, 1.54) is 20.2 Å².